The Balaban J connectivity index is 1.83. The number of pyridine rings is 1. The molecule has 6 nitrogen and oxygen atoms in total. The smallest absolute Gasteiger partial charge is 0.301 e. The first-order valence-electron chi connectivity index (χ1n) is 10.2. The molecular formula is C25H21FN2O4. The molecular weight excluding hydrogens is 411 g/mol. The number of ether oxygens (including phenoxy) is 1. The predicted octanol–water partition coefficient (Wildman–Crippen LogP) is 4.64. The van der Waals surface area contributed by atoms with E-state index in [0.717, 1.165) is 6.42 Å². The molecule has 1 aliphatic heterocycles. The number of carbonyl (C=O) groups is 2. The van der Waals surface area contributed by atoms with Crippen LogP contribution in [-0.2, 0) is 9.59 Å². The molecule has 2 heterocycles. The number of anilines is 1. The van der Waals surface area contributed by atoms with E-state index in [1.807, 2.05) is 6.92 Å². The number of aliphatic hydroxyl groups is 1. The Labute approximate surface area is 184 Å². The monoisotopic (exact) mass is 432 g/mol. The second kappa shape index (κ2) is 9.01. The van der Waals surface area contributed by atoms with Crippen LogP contribution in [0.1, 0.15) is 30.5 Å². The van der Waals surface area contributed by atoms with Gasteiger partial charge in [-0.15, -0.1) is 0 Å². The number of ketones is 1. The molecule has 2 aromatic carbocycles. The normalized spacial score (nSPS) is 17.6. The number of halogens is 1. The fourth-order valence-electron chi connectivity index (χ4n) is 3.61. The van der Waals surface area contributed by atoms with Gasteiger partial charge >= 0.3 is 5.91 Å². The van der Waals surface area contributed by atoms with Crippen LogP contribution in [0.3, 0.4) is 0 Å². The lowest BCUT2D eigenvalue weighted by molar-refractivity contribution is -0.132. The minimum Gasteiger partial charge on any atom is -0.507 e. The molecule has 32 heavy (non-hydrogen) atoms. The zero-order chi connectivity index (χ0) is 22.7. The van der Waals surface area contributed by atoms with Gasteiger partial charge in [-0.1, -0.05) is 25.1 Å². The van der Waals surface area contributed by atoms with Crippen LogP contribution >= 0.6 is 0 Å². The molecule has 7 heteroatoms. The summed E-state index contributed by atoms with van der Waals surface area (Å²) in [7, 11) is 0. The highest BCUT2D eigenvalue weighted by Gasteiger charge is 2.47. The van der Waals surface area contributed by atoms with Crippen molar-refractivity contribution in [2.45, 2.75) is 19.4 Å². The van der Waals surface area contributed by atoms with Crippen LogP contribution in [0.4, 0.5) is 10.2 Å². The molecule has 0 spiro atoms. The van der Waals surface area contributed by atoms with E-state index in [9.17, 15) is 19.1 Å². The Morgan fingerprint density at radius 2 is 1.78 bits per heavy atom. The van der Waals surface area contributed by atoms with E-state index in [2.05, 4.69) is 4.98 Å². The summed E-state index contributed by atoms with van der Waals surface area (Å²) in [5, 5.41) is 11.1. The second-order valence-corrected chi connectivity index (χ2v) is 7.28. The van der Waals surface area contributed by atoms with Gasteiger partial charge in [0.15, 0.2) is 0 Å². The maximum Gasteiger partial charge on any atom is 0.301 e. The van der Waals surface area contributed by atoms with Crippen molar-refractivity contribution in [3.63, 3.8) is 0 Å². The number of nitrogens with zero attached hydrogens (tertiary/aromatic N) is 2. The van der Waals surface area contributed by atoms with E-state index in [-0.39, 0.29) is 17.2 Å². The van der Waals surface area contributed by atoms with Crippen LogP contribution in [0.2, 0.25) is 0 Å². The first kappa shape index (κ1) is 21.2. The molecule has 3 aromatic rings. The van der Waals surface area contributed by atoms with Crippen molar-refractivity contribution in [1.82, 2.24) is 4.98 Å². The summed E-state index contributed by atoms with van der Waals surface area (Å²) < 4.78 is 19.1. The molecule has 0 radical (unpaired) electrons. The number of aliphatic hydroxyl groups excluding tert-OH is 1. The molecule has 1 N–H and O–H groups in total. The summed E-state index contributed by atoms with van der Waals surface area (Å²) in [5.74, 6) is -1.54. The number of aromatic nitrogens is 1. The van der Waals surface area contributed by atoms with Gasteiger partial charge in [-0.3, -0.25) is 14.5 Å². The van der Waals surface area contributed by atoms with Crippen LogP contribution in [-0.4, -0.2) is 28.4 Å². The molecule has 0 unspecified atom stereocenters. The molecule has 1 amide bonds. The first-order chi connectivity index (χ1) is 15.5. The third-order valence-corrected chi connectivity index (χ3v) is 5.13. The van der Waals surface area contributed by atoms with Gasteiger partial charge < -0.3 is 9.84 Å². The fourth-order valence-corrected chi connectivity index (χ4v) is 3.61. The Bertz CT molecular complexity index is 1160. The number of Topliss-reactive ketones (excluding diaryl/α,β-unsaturated/α-hetero) is 1. The fraction of sp³-hybridized carbons (Fsp3) is 0.160. The molecule has 1 aromatic heterocycles. The number of benzene rings is 2. The van der Waals surface area contributed by atoms with Gasteiger partial charge in [0.1, 0.15) is 23.1 Å². The lowest BCUT2D eigenvalue weighted by atomic mass is 9.95. The van der Waals surface area contributed by atoms with E-state index in [4.69, 9.17) is 4.74 Å². The Hall–Kier alpha value is -4.00. The van der Waals surface area contributed by atoms with Gasteiger partial charge in [-0.05, 0) is 60.5 Å². The molecule has 1 saturated heterocycles. The summed E-state index contributed by atoms with van der Waals surface area (Å²) in [5.41, 5.74) is 0.746. The maximum absolute atomic E-state index is 13.6. The average Bonchev–Trinajstić information content (AvgIpc) is 3.09. The number of hydrogen-bond donors (Lipinski definition) is 1. The largest absolute Gasteiger partial charge is 0.507 e. The molecule has 0 aliphatic carbocycles. The van der Waals surface area contributed by atoms with E-state index in [1.165, 1.54) is 35.4 Å². The molecule has 162 valence electrons. The third kappa shape index (κ3) is 3.97. The average molecular weight is 432 g/mol. The van der Waals surface area contributed by atoms with Crippen LogP contribution < -0.4 is 9.64 Å². The quantitative estimate of drug-likeness (QED) is 0.349. The van der Waals surface area contributed by atoms with E-state index < -0.39 is 23.5 Å². The van der Waals surface area contributed by atoms with E-state index in [0.29, 0.717) is 23.5 Å². The minimum absolute atomic E-state index is 0.0884. The van der Waals surface area contributed by atoms with Crippen LogP contribution in [0, 0.1) is 5.82 Å². The first-order valence-corrected chi connectivity index (χ1v) is 10.2. The van der Waals surface area contributed by atoms with Gasteiger partial charge in [-0.2, -0.15) is 0 Å². The van der Waals surface area contributed by atoms with Gasteiger partial charge in [0, 0.05) is 11.8 Å². The lowest BCUT2D eigenvalue weighted by Gasteiger charge is -2.24. The molecule has 1 atom stereocenters. The third-order valence-electron chi connectivity index (χ3n) is 5.13. The lowest BCUT2D eigenvalue weighted by Crippen LogP contribution is -2.30. The van der Waals surface area contributed by atoms with Crippen molar-refractivity contribution in [3.05, 3.63) is 95.4 Å². The topological polar surface area (TPSA) is 79.7 Å². The molecule has 0 bridgehead atoms. The summed E-state index contributed by atoms with van der Waals surface area (Å²) >= 11 is 0. The summed E-state index contributed by atoms with van der Waals surface area (Å²) in [6, 6.07) is 16.1. The summed E-state index contributed by atoms with van der Waals surface area (Å²) in [4.78, 5) is 31.4. The summed E-state index contributed by atoms with van der Waals surface area (Å²) in [6.07, 6.45) is 2.36. The predicted molar refractivity (Wildman–Crippen MR) is 118 cm³/mol. The number of carbonyl (C=O) groups excluding carboxylic acids is 2. The van der Waals surface area contributed by atoms with Gasteiger partial charge in [-0.25, -0.2) is 9.37 Å². The highest BCUT2D eigenvalue weighted by molar-refractivity contribution is 6.51. The van der Waals surface area contributed by atoms with Crippen LogP contribution in [0.5, 0.6) is 5.75 Å². The zero-order valence-corrected chi connectivity index (χ0v) is 17.4. The molecule has 4 rings (SSSR count). The molecule has 1 fully saturated rings. The molecule has 0 saturated carbocycles. The van der Waals surface area contributed by atoms with Crippen molar-refractivity contribution in [2.75, 3.05) is 11.5 Å². The number of rotatable bonds is 6. The minimum atomic E-state index is -0.957. The highest BCUT2D eigenvalue weighted by atomic mass is 19.1. The van der Waals surface area contributed by atoms with Gasteiger partial charge in [0.2, 0.25) is 0 Å². The zero-order valence-electron chi connectivity index (χ0n) is 17.4. The standard InChI is InChI=1S/C25H21FN2O4/c1-2-15-32-19-12-8-17(9-13-19)23(29)21-22(16-6-10-18(26)11-7-16)28(25(31)24(21)30)20-5-3-4-14-27-20/h3-14,22,29H,2,15H2,1H3/b23-21+/t22-/m0/s1. The van der Waals surface area contributed by atoms with Gasteiger partial charge in [0.25, 0.3) is 5.78 Å². The number of amides is 1. The van der Waals surface area contributed by atoms with Crippen molar-refractivity contribution >= 4 is 23.3 Å². The maximum atomic E-state index is 13.6. The van der Waals surface area contributed by atoms with Crippen molar-refractivity contribution < 1.29 is 23.8 Å². The van der Waals surface area contributed by atoms with E-state index >= 15 is 0 Å². The Morgan fingerprint density at radius 3 is 2.41 bits per heavy atom. The number of hydrogen-bond acceptors (Lipinski definition) is 5. The highest BCUT2D eigenvalue weighted by Crippen LogP contribution is 2.41. The molecule has 1 aliphatic rings. The SMILES string of the molecule is CCCOc1ccc(/C(O)=C2\C(=O)C(=O)N(c3ccccn3)[C@H]2c2ccc(F)cc2)cc1. The Kier molecular flexibility index (Phi) is 5.98. The van der Waals surface area contributed by atoms with Crippen molar-refractivity contribution in [3.8, 4) is 5.75 Å². The Morgan fingerprint density at radius 1 is 1.06 bits per heavy atom. The van der Waals surface area contributed by atoms with E-state index in [1.54, 1.807) is 42.5 Å². The summed E-state index contributed by atoms with van der Waals surface area (Å²) in [6.45, 7) is 2.56. The van der Waals surface area contributed by atoms with Gasteiger partial charge in [0.05, 0.1) is 18.2 Å². The van der Waals surface area contributed by atoms with Crippen LogP contribution in [0.25, 0.3) is 5.76 Å². The van der Waals surface area contributed by atoms with Crippen molar-refractivity contribution in [2.24, 2.45) is 0 Å². The second-order valence-electron chi connectivity index (χ2n) is 7.28. The van der Waals surface area contributed by atoms with Crippen molar-refractivity contribution in [1.29, 1.82) is 0 Å². The van der Waals surface area contributed by atoms with Crippen LogP contribution in [0.15, 0.2) is 78.5 Å².